The fourth-order valence-corrected chi connectivity index (χ4v) is 3.40. The van der Waals surface area contributed by atoms with Crippen LogP contribution in [-0.2, 0) is 14.3 Å². The largest absolute Gasteiger partial charge is 0.481 e. The molecule has 1 saturated heterocycles. The fourth-order valence-electron chi connectivity index (χ4n) is 3.40. The number of rotatable bonds is 4. The summed E-state index contributed by atoms with van der Waals surface area (Å²) >= 11 is 0. The molecular weight excluding hydrogens is 404 g/mol. The topological polar surface area (TPSA) is 131 Å². The highest BCUT2D eigenvalue weighted by Crippen LogP contribution is 2.35. The molecule has 1 aliphatic heterocycles. The minimum atomic E-state index is -1.67. The summed E-state index contributed by atoms with van der Waals surface area (Å²) in [5.41, 5.74) is -1.08. The number of fused-ring (bicyclic) bond motifs is 1. The van der Waals surface area contributed by atoms with Crippen LogP contribution in [0.4, 0.5) is 10.5 Å². The van der Waals surface area contributed by atoms with Gasteiger partial charge in [-0.1, -0.05) is 0 Å². The molecule has 0 radical (unpaired) electrons. The van der Waals surface area contributed by atoms with Crippen LogP contribution < -0.4 is 10.1 Å². The molecule has 3 rings (SSSR count). The Morgan fingerprint density at radius 1 is 1.16 bits per heavy atom. The van der Waals surface area contributed by atoms with Crippen molar-refractivity contribution >= 4 is 34.7 Å². The molecule has 0 aliphatic carbocycles. The van der Waals surface area contributed by atoms with Crippen LogP contribution in [0, 0.1) is 5.41 Å². The average Bonchev–Trinajstić information content (AvgIpc) is 2.72. The van der Waals surface area contributed by atoms with Gasteiger partial charge in [-0.3, -0.25) is 14.6 Å². The van der Waals surface area contributed by atoms with Crippen molar-refractivity contribution in [2.75, 3.05) is 25.5 Å². The number of hydrogen-bond donors (Lipinski definition) is 2. The number of ether oxygens (including phenoxy) is 2. The van der Waals surface area contributed by atoms with E-state index in [0.717, 1.165) is 0 Å². The molecule has 10 heteroatoms. The van der Waals surface area contributed by atoms with Crippen molar-refractivity contribution in [3.63, 3.8) is 0 Å². The van der Waals surface area contributed by atoms with E-state index >= 15 is 0 Å². The van der Waals surface area contributed by atoms with Gasteiger partial charge in [0, 0.05) is 25.4 Å². The van der Waals surface area contributed by atoms with Gasteiger partial charge in [0.2, 0.25) is 11.8 Å². The number of methoxy groups -OCH3 is 1. The number of aliphatic carboxylic acids is 1. The van der Waals surface area contributed by atoms with Crippen molar-refractivity contribution in [1.29, 1.82) is 0 Å². The highest BCUT2D eigenvalue weighted by molar-refractivity contribution is 6.10. The summed E-state index contributed by atoms with van der Waals surface area (Å²) in [5, 5.41) is 12.6. The lowest BCUT2D eigenvalue weighted by molar-refractivity contribution is -0.157. The van der Waals surface area contributed by atoms with E-state index in [1.165, 1.54) is 18.2 Å². The third-order valence-corrected chi connectivity index (χ3v) is 5.13. The number of likely N-dealkylation sites (tertiary alicyclic amines) is 1. The molecule has 10 nitrogen and oxygen atoms in total. The maximum atomic E-state index is 13.1. The molecule has 2 amide bonds. The first-order chi connectivity index (χ1) is 14.6. The van der Waals surface area contributed by atoms with Gasteiger partial charge in [0.1, 0.15) is 16.5 Å². The first-order valence-electron chi connectivity index (χ1n) is 9.88. The molecule has 1 fully saturated rings. The Balaban J connectivity index is 1.80. The third kappa shape index (κ3) is 4.68. The number of carbonyl (C=O) groups is 3. The van der Waals surface area contributed by atoms with E-state index in [4.69, 9.17) is 9.47 Å². The summed E-state index contributed by atoms with van der Waals surface area (Å²) in [4.78, 5) is 47.5. The van der Waals surface area contributed by atoms with Gasteiger partial charge in [-0.25, -0.2) is 9.78 Å². The van der Waals surface area contributed by atoms with Crippen LogP contribution in [0.25, 0.3) is 11.0 Å². The molecular formula is C21H26N4O6. The number of carboxylic acid groups (broad SMARTS) is 1. The average molecular weight is 430 g/mol. The van der Waals surface area contributed by atoms with E-state index in [1.807, 2.05) is 0 Å². The van der Waals surface area contributed by atoms with Crippen molar-refractivity contribution in [2.45, 2.75) is 39.2 Å². The summed E-state index contributed by atoms with van der Waals surface area (Å²) in [6, 6.07) is 4.90. The van der Waals surface area contributed by atoms with E-state index in [0.29, 0.717) is 22.6 Å². The number of anilines is 1. The predicted molar refractivity (Wildman–Crippen MR) is 112 cm³/mol. The maximum Gasteiger partial charge on any atom is 0.410 e. The van der Waals surface area contributed by atoms with Gasteiger partial charge in [0.25, 0.3) is 0 Å². The monoisotopic (exact) mass is 430 g/mol. The van der Waals surface area contributed by atoms with E-state index in [9.17, 15) is 19.5 Å². The molecule has 3 heterocycles. The van der Waals surface area contributed by atoms with Crippen LogP contribution in [0.1, 0.15) is 33.6 Å². The zero-order valence-electron chi connectivity index (χ0n) is 18.0. The normalized spacial score (nSPS) is 15.9. The standard InChI is InChI=1S/C21H26N4O6/c1-20(2,3)31-19(29)25-11-8-21(9-12-25,18(27)28)17(26)23-14-7-10-22-13-5-6-15(30-4)24-16(13)14/h5-7,10H,8-9,11-12H2,1-4H3,(H,27,28)(H,22,23,26). The lowest BCUT2D eigenvalue weighted by Crippen LogP contribution is -2.53. The summed E-state index contributed by atoms with van der Waals surface area (Å²) in [7, 11) is 1.47. The Morgan fingerprint density at radius 3 is 2.42 bits per heavy atom. The van der Waals surface area contributed by atoms with Crippen LogP contribution in [0.2, 0.25) is 0 Å². The predicted octanol–water partition coefficient (Wildman–Crippen LogP) is 2.68. The lowest BCUT2D eigenvalue weighted by atomic mass is 9.77. The fraction of sp³-hybridized carbons (Fsp3) is 0.476. The zero-order chi connectivity index (χ0) is 22.8. The van der Waals surface area contributed by atoms with Crippen molar-refractivity contribution in [2.24, 2.45) is 5.41 Å². The quantitative estimate of drug-likeness (QED) is 0.708. The molecule has 166 valence electrons. The molecule has 1 aliphatic rings. The van der Waals surface area contributed by atoms with Gasteiger partial charge in [0.05, 0.1) is 18.3 Å². The molecule has 0 atom stereocenters. The van der Waals surface area contributed by atoms with Crippen molar-refractivity contribution < 1.29 is 29.0 Å². The minimum absolute atomic E-state index is 0.0345. The number of hydrogen-bond acceptors (Lipinski definition) is 7. The maximum absolute atomic E-state index is 13.1. The Bertz CT molecular complexity index is 1010. The SMILES string of the molecule is COc1ccc2nccc(NC(=O)C3(C(=O)O)CCN(C(=O)OC(C)(C)C)CC3)c2n1. The second-order valence-corrected chi connectivity index (χ2v) is 8.39. The first-order valence-corrected chi connectivity index (χ1v) is 9.88. The van der Waals surface area contributed by atoms with Crippen LogP contribution in [-0.4, -0.2) is 63.7 Å². The Kier molecular flexibility index (Phi) is 6.01. The van der Waals surface area contributed by atoms with Gasteiger partial charge < -0.3 is 24.8 Å². The summed E-state index contributed by atoms with van der Waals surface area (Å²) in [6.07, 6.45) is 0.911. The molecule has 2 aromatic heterocycles. The lowest BCUT2D eigenvalue weighted by Gasteiger charge is -2.38. The highest BCUT2D eigenvalue weighted by atomic mass is 16.6. The van der Waals surface area contributed by atoms with Gasteiger partial charge in [0.15, 0.2) is 0 Å². The molecule has 2 aromatic rings. The van der Waals surface area contributed by atoms with Crippen molar-refractivity contribution in [3.8, 4) is 5.88 Å². The van der Waals surface area contributed by atoms with Gasteiger partial charge in [-0.05, 0) is 45.7 Å². The van der Waals surface area contributed by atoms with Crippen LogP contribution >= 0.6 is 0 Å². The number of aromatic nitrogens is 2. The molecule has 31 heavy (non-hydrogen) atoms. The molecule has 0 saturated carbocycles. The number of carboxylic acids is 1. The third-order valence-electron chi connectivity index (χ3n) is 5.13. The number of piperidine rings is 1. The summed E-state index contributed by atoms with van der Waals surface area (Å²) in [5.74, 6) is -1.56. The van der Waals surface area contributed by atoms with Gasteiger partial charge in [-0.15, -0.1) is 0 Å². The minimum Gasteiger partial charge on any atom is -0.481 e. The number of pyridine rings is 2. The van der Waals surface area contributed by atoms with Crippen LogP contribution in [0.3, 0.4) is 0 Å². The number of amides is 2. The number of nitrogens with one attached hydrogen (secondary N) is 1. The van der Waals surface area contributed by atoms with Crippen LogP contribution in [0.15, 0.2) is 24.4 Å². The van der Waals surface area contributed by atoms with E-state index in [1.54, 1.807) is 39.0 Å². The summed E-state index contributed by atoms with van der Waals surface area (Å²) in [6.45, 7) is 5.46. The molecule has 0 bridgehead atoms. The summed E-state index contributed by atoms with van der Waals surface area (Å²) < 4.78 is 10.5. The molecule has 0 spiro atoms. The Hall–Kier alpha value is -3.43. The van der Waals surface area contributed by atoms with Gasteiger partial charge >= 0.3 is 12.1 Å². The van der Waals surface area contributed by atoms with Gasteiger partial charge in [-0.2, -0.15) is 0 Å². The zero-order valence-corrected chi connectivity index (χ0v) is 18.0. The second kappa shape index (κ2) is 8.37. The van der Waals surface area contributed by atoms with E-state index < -0.39 is 29.0 Å². The number of carbonyl (C=O) groups excluding carboxylic acids is 2. The number of nitrogens with zero attached hydrogens (tertiary/aromatic N) is 3. The van der Waals surface area contributed by atoms with Crippen LogP contribution in [0.5, 0.6) is 5.88 Å². The second-order valence-electron chi connectivity index (χ2n) is 8.39. The van der Waals surface area contributed by atoms with E-state index in [2.05, 4.69) is 15.3 Å². The Labute approximate surface area is 179 Å². The molecule has 2 N–H and O–H groups in total. The smallest absolute Gasteiger partial charge is 0.410 e. The van der Waals surface area contributed by atoms with Crippen molar-refractivity contribution in [1.82, 2.24) is 14.9 Å². The first kappa shape index (κ1) is 22.3. The van der Waals surface area contributed by atoms with Crippen molar-refractivity contribution in [3.05, 3.63) is 24.4 Å². The molecule has 0 aromatic carbocycles. The Morgan fingerprint density at radius 2 is 1.84 bits per heavy atom. The van der Waals surface area contributed by atoms with E-state index in [-0.39, 0.29) is 25.9 Å². The highest BCUT2D eigenvalue weighted by Gasteiger charge is 2.49. The molecule has 0 unspecified atom stereocenters.